The Morgan fingerprint density at radius 1 is 1.48 bits per heavy atom. The fraction of sp³-hybridized carbons (Fsp3) is 0.588. The van der Waals surface area contributed by atoms with E-state index in [4.69, 9.17) is 4.74 Å². The molecule has 1 N–H and O–H groups in total. The Morgan fingerprint density at radius 2 is 2.26 bits per heavy atom. The lowest BCUT2D eigenvalue weighted by Crippen LogP contribution is -2.47. The van der Waals surface area contributed by atoms with Crippen molar-refractivity contribution in [2.75, 3.05) is 33.0 Å². The molecule has 1 unspecified atom stereocenters. The zero-order valence-electron chi connectivity index (χ0n) is 14.5. The molecule has 1 fully saturated rings. The van der Waals surface area contributed by atoms with Gasteiger partial charge in [0.05, 0.1) is 7.11 Å². The predicted molar refractivity (Wildman–Crippen MR) is 111 cm³/mol. The highest BCUT2D eigenvalue weighted by Gasteiger charge is 2.21. The molecule has 1 aliphatic rings. The van der Waals surface area contributed by atoms with Crippen molar-refractivity contribution >= 4 is 41.7 Å². The maximum atomic E-state index is 5.39. The van der Waals surface area contributed by atoms with Crippen LogP contribution in [0.15, 0.2) is 23.2 Å². The van der Waals surface area contributed by atoms with E-state index in [-0.39, 0.29) is 24.0 Å². The van der Waals surface area contributed by atoms with Crippen LogP contribution in [0.4, 0.5) is 0 Å². The lowest BCUT2D eigenvalue weighted by molar-refractivity contribution is 0.406. The first-order valence-electron chi connectivity index (χ1n) is 7.88. The second kappa shape index (κ2) is 10.3. The highest BCUT2D eigenvalue weighted by Crippen LogP contribution is 2.21. The molecule has 130 valence electrons. The molecule has 1 atom stereocenters. The molecule has 1 aromatic rings. The van der Waals surface area contributed by atoms with Crippen LogP contribution in [0, 0.1) is 6.92 Å². The molecule has 0 bridgehead atoms. The summed E-state index contributed by atoms with van der Waals surface area (Å²) in [6.45, 7) is 7.24. The second-order valence-corrected chi connectivity index (χ2v) is 6.96. The van der Waals surface area contributed by atoms with Gasteiger partial charge in [0.1, 0.15) is 5.75 Å². The van der Waals surface area contributed by atoms with E-state index in [0.29, 0.717) is 5.25 Å². The molecule has 1 heterocycles. The Bertz CT molecular complexity index is 525. The number of thioether (sulfide) groups is 1. The maximum Gasteiger partial charge on any atom is 0.193 e. The normalized spacial score (nSPS) is 18.3. The van der Waals surface area contributed by atoms with Crippen LogP contribution in [0.25, 0.3) is 0 Å². The molecular formula is C17H28IN3OS. The third-order valence-electron chi connectivity index (χ3n) is 4.03. The van der Waals surface area contributed by atoms with Crippen LogP contribution in [0.2, 0.25) is 0 Å². The first-order chi connectivity index (χ1) is 10.7. The number of hydrogen-bond donors (Lipinski definition) is 1. The van der Waals surface area contributed by atoms with Crippen LogP contribution in [0.1, 0.15) is 24.5 Å². The van der Waals surface area contributed by atoms with Crippen LogP contribution in [0.5, 0.6) is 5.75 Å². The smallest absolute Gasteiger partial charge is 0.193 e. The highest BCUT2D eigenvalue weighted by molar-refractivity contribution is 14.0. The second-order valence-electron chi connectivity index (χ2n) is 5.55. The number of hydrogen-bond acceptors (Lipinski definition) is 3. The van der Waals surface area contributed by atoms with Crippen molar-refractivity contribution in [1.29, 1.82) is 0 Å². The third kappa shape index (κ3) is 5.74. The van der Waals surface area contributed by atoms with Crippen LogP contribution in [-0.2, 0) is 6.54 Å². The van der Waals surface area contributed by atoms with Crippen LogP contribution >= 0.6 is 35.7 Å². The van der Waals surface area contributed by atoms with Gasteiger partial charge < -0.3 is 15.0 Å². The average Bonchev–Trinajstić information content (AvgIpc) is 2.57. The van der Waals surface area contributed by atoms with Crippen LogP contribution in [0.3, 0.4) is 0 Å². The SMILES string of the molecule is CCC1CN(C(=NC)NCc2ccc(C)c(OC)c2)CCS1.I. The number of benzene rings is 1. The van der Waals surface area contributed by atoms with Gasteiger partial charge in [0.2, 0.25) is 0 Å². The molecular weight excluding hydrogens is 421 g/mol. The Kier molecular flexibility index (Phi) is 9.12. The van der Waals surface area contributed by atoms with Crippen LogP contribution in [-0.4, -0.2) is 49.1 Å². The predicted octanol–water partition coefficient (Wildman–Crippen LogP) is 3.52. The van der Waals surface area contributed by atoms with Crippen molar-refractivity contribution in [3.63, 3.8) is 0 Å². The summed E-state index contributed by atoms with van der Waals surface area (Å²) in [6.07, 6.45) is 1.22. The zero-order chi connectivity index (χ0) is 15.9. The minimum Gasteiger partial charge on any atom is -0.496 e. The summed E-state index contributed by atoms with van der Waals surface area (Å²) in [5.41, 5.74) is 2.37. The van der Waals surface area contributed by atoms with E-state index in [9.17, 15) is 0 Å². The summed E-state index contributed by atoms with van der Waals surface area (Å²) in [7, 11) is 3.58. The molecule has 2 rings (SSSR count). The largest absolute Gasteiger partial charge is 0.496 e. The van der Waals surface area contributed by atoms with E-state index in [1.807, 2.05) is 7.05 Å². The van der Waals surface area contributed by atoms with Crippen molar-refractivity contribution in [2.24, 2.45) is 4.99 Å². The van der Waals surface area contributed by atoms with Crippen LogP contribution < -0.4 is 10.1 Å². The maximum absolute atomic E-state index is 5.39. The molecule has 4 nitrogen and oxygen atoms in total. The molecule has 1 aromatic carbocycles. The molecule has 0 radical (unpaired) electrons. The summed E-state index contributed by atoms with van der Waals surface area (Å²) in [5, 5.41) is 4.20. The molecule has 0 aromatic heterocycles. The van der Waals surface area contributed by atoms with Gasteiger partial charge >= 0.3 is 0 Å². The third-order valence-corrected chi connectivity index (χ3v) is 5.40. The number of halogens is 1. The fourth-order valence-electron chi connectivity index (χ4n) is 2.65. The lowest BCUT2D eigenvalue weighted by Gasteiger charge is -2.34. The number of aliphatic imine (C=N–C) groups is 1. The monoisotopic (exact) mass is 449 g/mol. The van der Waals surface area contributed by atoms with Crippen molar-refractivity contribution in [3.05, 3.63) is 29.3 Å². The quantitative estimate of drug-likeness (QED) is 0.434. The van der Waals surface area contributed by atoms with Crippen molar-refractivity contribution < 1.29 is 4.74 Å². The summed E-state index contributed by atoms with van der Waals surface area (Å²) in [5.74, 6) is 3.12. The molecule has 0 spiro atoms. The summed E-state index contributed by atoms with van der Waals surface area (Å²) >= 11 is 2.07. The van der Waals surface area contributed by atoms with Gasteiger partial charge in [0, 0.05) is 37.7 Å². The Morgan fingerprint density at radius 3 is 2.91 bits per heavy atom. The topological polar surface area (TPSA) is 36.9 Å². The number of nitrogens with zero attached hydrogens (tertiary/aromatic N) is 2. The molecule has 0 aliphatic carbocycles. The number of aryl methyl sites for hydroxylation is 1. The van der Waals surface area contributed by atoms with Crippen molar-refractivity contribution in [1.82, 2.24) is 10.2 Å². The number of rotatable bonds is 4. The summed E-state index contributed by atoms with van der Waals surface area (Å²) in [4.78, 5) is 6.82. The molecule has 6 heteroatoms. The van der Waals surface area contributed by atoms with E-state index >= 15 is 0 Å². The van der Waals surface area contributed by atoms with Gasteiger partial charge in [-0.25, -0.2) is 0 Å². The van der Waals surface area contributed by atoms with E-state index < -0.39 is 0 Å². The van der Waals surface area contributed by atoms with Gasteiger partial charge in [-0.3, -0.25) is 4.99 Å². The fourth-order valence-corrected chi connectivity index (χ4v) is 3.83. The minimum absolute atomic E-state index is 0. The van der Waals surface area contributed by atoms with Gasteiger partial charge in [0.25, 0.3) is 0 Å². The average molecular weight is 449 g/mol. The molecule has 0 amide bonds. The van der Waals surface area contributed by atoms with Crippen molar-refractivity contribution in [2.45, 2.75) is 32.1 Å². The number of nitrogens with one attached hydrogen (secondary N) is 1. The lowest BCUT2D eigenvalue weighted by atomic mass is 10.1. The zero-order valence-corrected chi connectivity index (χ0v) is 17.6. The van der Waals surface area contributed by atoms with Crippen molar-refractivity contribution in [3.8, 4) is 5.75 Å². The van der Waals surface area contributed by atoms with E-state index in [2.05, 4.69) is 59.0 Å². The first kappa shape index (κ1) is 20.4. The van der Waals surface area contributed by atoms with Gasteiger partial charge in [-0.2, -0.15) is 11.8 Å². The minimum atomic E-state index is 0. The Balaban J connectivity index is 0.00000264. The van der Waals surface area contributed by atoms with Gasteiger partial charge in [-0.1, -0.05) is 19.1 Å². The number of methoxy groups -OCH3 is 1. The molecule has 1 saturated heterocycles. The summed E-state index contributed by atoms with van der Waals surface area (Å²) < 4.78 is 5.39. The molecule has 0 saturated carbocycles. The van der Waals surface area contributed by atoms with Gasteiger partial charge in [-0.05, 0) is 30.5 Å². The van der Waals surface area contributed by atoms with E-state index in [0.717, 1.165) is 36.9 Å². The van der Waals surface area contributed by atoms with E-state index in [1.165, 1.54) is 17.7 Å². The number of guanidine groups is 1. The number of ether oxygens (including phenoxy) is 1. The highest BCUT2D eigenvalue weighted by atomic mass is 127. The van der Waals surface area contributed by atoms with Gasteiger partial charge in [0.15, 0.2) is 5.96 Å². The molecule has 23 heavy (non-hydrogen) atoms. The molecule has 1 aliphatic heterocycles. The first-order valence-corrected chi connectivity index (χ1v) is 8.93. The van der Waals surface area contributed by atoms with E-state index in [1.54, 1.807) is 7.11 Å². The Labute approximate surface area is 161 Å². The summed E-state index contributed by atoms with van der Waals surface area (Å²) in [6, 6.07) is 6.33. The Hall–Kier alpha value is -0.630. The standard InChI is InChI=1S/C17H27N3OS.HI/c1-5-15-12-20(8-9-22-15)17(18-3)19-11-14-7-6-13(2)16(10-14)21-4;/h6-7,10,15H,5,8-9,11-12H2,1-4H3,(H,18,19);1H. The van der Waals surface area contributed by atoms with Gasteiger partial charge in [-0.15, -0.1) is 24.0 Å².